The number of nitrogens with zero attached hydrogens (tertiary/aromatic N) is 3. The minimum atomic E-state index is 0.214. The van der Waals surface area contributed by atoms with Gasteiger partial charge in [0.15, 0.2) is 0 Å². The minimum absolute atomic E-state index is 0.214. The second-order valence-corrected chi connectivity index (χ2v) is 9.06. The molecule has 2 aromatic carbocycles. The van der Waals surface area contributed by atoms with Crippen LogP contribution in [0.1, 0.15) is 31.9 Å². The normalized spacial score (nSPS) is 17.1. The third-order valence-corrected chi connectivity index (χ3v) is 6.06. The van der Waals surface area contributed by atoms with Crippen LogP contribution in [0.25, 0.3) is 11.0 Å². The summed E-state index contributed by atoms with van der Waals surface area (Å²) in [4.78, 5) is 20.5. The van der Waals surface area contributed by atoms with Crippen molar-refractivity contribution in [1.82, 2.24) is 14.5 Å². The minimum Gasteiger partial charge on any atom is -0.340 e. The molecule has 3 aromatic rings. The van der Waals surface area contributed by atoms with E-state index in [0.29, 0.717) is 17.7 Å². The van der Waals surface area contributed by atoms with Crippen LogP contribution < -0.4 is 0 Å². The molecule has 4 nitrogen and oxygen atoms in total. The van der Waals surface area contributed by atoms with Crippen LogP contribution in [0.3, 0.4) is 0 Å². The van der Waals surface area contributed by atoms with Crippen molar-refractivity contribution in [3.05, 3.63) is 60.4 Å². The van der Waals surface area contributed by atoms with Crippen molar-refractivity contribution < 1.29 is 4.79 Å². The van der Waals surface area contributed by atoms with E-state index in [4.69, 9.17) is 0 Å². The number of hydrogen-bond acceptors (Lipinski definition) is 3. The lowest BCUT2D eigenvalue weighted by atomic mass is 10.1. The van der Waals surface area contributed by atoms with Crippen LogP contribution in [-0.2, 0) is 11.2 Å². The Morgan fingerprint density at radius 1 is 1.19 bits per heavy atom. The highest BCUT2D eigenvalue weighted by Gasteiger charge is 2.28. The molecule has 0 spiro atoms. The number of carbonyl (C=O) groups is 1. The molecule has 1 aromatic heterocycles. The summed E-state index contributed by atoms with van der Waals surface area (Å²) < 4.78 is 2.22. The van der Waals surface area contributed by atoms with Crippen LogP contribution in [0.5, 0.6) is 0 Å². The van der Waals surface area contributed by atoms with Crippen molar-refractivity contribution in [3.8, 4) is 0 Å². The standard InChI is InChI=1S/C22H25N3OS/c1-16(2)27-19-9-7-17(8-10-19)13-22(26)24-12-11-18(14-24)25-15-23-20-5-3-4-6-21(20)25/h3-10,15-16,18H,11-14H2,1-2H3/t18-/m1/s1. The predicted octanol–water partition coefficient (Wildman–Crippen LogP) is 4.55. The van der Waals surface area contributed by atoms with Crippen molar-refractivity contribution in [2.45, 2.75) is 42.9 Å². The molecule has 1 aliphatic heterocycles. The number of rotatable bonds is 5. The van der Waals surface area contributed by atoms with E-state index in [1.54, 1.807) is 0 Å². The summed E-state index contributed by atoms with van der Waals surface area (Å²) in [6.45, 7) is 5.96. The van der Waals surface area contributed by atoms with Gasteiger partial charge in [0, 0.05) is 23.2 Å². The van der Waals surface area contributed by atoms with Gasteiger partial charge in [0.05, 0.1) is 29.8 Å². The lowest BCUT2D eigenvalue weighted by molar-refractivity contribution is -0.129. The zero-order chi connectivity index (χ0) is 18.8. The first-order valence-electron chi connectivity index (χ1n) is 9.55. The molecule has 140 valence electrons. The monoisotopic (exact) mass is 379 g/mol. The lowest BCUT2D eigenvalue weighted by Crippen LogP contribution is -2.30. The predicted molar refractivity (Wildman–Crippen MR) is 111 cm³/mol. The van der Waals surface area contributed by atoms with Crippen LogP contribution in [0.2, 0.25) is 0 Å². The van der Waals surface area contributed by atoms with Gasteiger partial charge in [-0.1, -0.05) is 38.1 Å². The van der Waals surface area contributed by atoms with E-state index in [9.17, 15) is 4.79 Å². The Kier molecular flexibility index (Phi) is 5.21. The van der Waals surface area contributed by atoms with Gasteiger partial charge in [-0.3, -0.25) is 4.79 Å². The molecular weight excluding hydrogens is 354 g/mol. The van der Waals surface area contributed by atoms with E-state index in [2.05, 4.69) is 53.7 Å². The molecule has 0 aliphatic carbocycles. The number of carbonyl (C=O) groups excluding carboxylic acids is 1. The van der Waals surface area contributed by atoms with Gasteiger partial charge in [-0.15, -0.1) is 11.8 Å². The molecule has 2 heterocycles. The van der Waals surface area contributed by atoms with Gasteiger partial charge in [-0.2, -0.15) is 0 Å². The average Bonchev–Trinajstić information content (AvgIpc) is 3.29. The summed E-state index contributed by atoms with van der Waals surface area (Å²) in [5, 5.41) is 0.568. The van der Waals surface area contributed by atoms with Crippen LogP contribution in [-0.4, -0.2) is 38.7 Å². The van der Waals surface area contributed by atoms with Gasteiger partial charge in [0.25, 0.3) is 0 Å². The molecule has 5 heteroatoms. The fourth-order valence-electron chi connectivity index (χ4n) is 3.71. The smallest absolute Gasteiger partial charge is 0.227 e. The van der Waals surface area contributed by atoms with E-state index >= 15 is 0 Å². The summed E-state index contributed by atoms with van der Waals surface area (Å²) in [6.07, 6.45) is 3.37. The highest BCUT2D eigenvalue weighted by atomic mass is 32.2. The number of benzene rings is 2. The highest BCUT2D eigenvalue weighted by molar-refractivity contribution is 7.99. The van der Waals surface area contributed by atoms with E-state index < -0.39 is 0 Å². The summed E-state index contributed by atoms with van der Waals surface area (Å²) in [5.74, 6) is 0.214. The first-order valence-corrected chi connectivity index (χ1v) is 10.4. The maximum Gasteiger partial charge on any atom is 0.227 e. The van der Waals surface area contributed by atoms with Crippen LogP contribution in [0.15, 0.2) is 59.8 Å². The number of fused-ring (bicyclic) bond motifs is 1. The molecule has 1 saturated heterocycles. The maximum absolute atomic E-state index is 12.8. The molecule has 0 bridgehead atoms. The lowest BCUT2D eigenvalue weighted by Gasteiger charge is -2.18. The SMILES string of the molecule is CC(C)Sc1ccc(CC(=O)N2CC[C@@H](n3cnc4ccccc43)C2)cc1. The molecule has 0 N–H and O–H groups in total. The molecule has 4 rings (SSSR count). The molecular formula is C22H25N3OS. The Labute approximate surface area is 164 Å². The molecule has 27 heavy (non-hydrogen) atoms. The van der Waals surface area contributed by atoms with Crippen LogP contribution >= 0.6 is 11.8 Å². The third-order valence-electron chi connectivity index (χ3n) is 5.04. The summed E-state index contributed by atoms with van der Waals surface area (Å²) in [5.41, 5.74) is 3.25. The maximum atomic E-state index is 12.8. The Balaban J connectivity index is 1.39. The van der Waals surface area contributed by atoms with Gasteiger partial charge in [-0.25, -0.2) is 4.98 Å². The fourth-order valence-corrected chi connectivity index (χ4v) is 4.55. The molecule has 0 radical (unpaired) electrons. The number of para-hydroxylation sites is 2. The zero-order valence-corrected chi connectivity index (χ0v) is 16.7. The summed E-state index contributed by atoms with van der Waals surface area (Å²) >= 11 is 1.85. The Bertz CT molecular complexity index is 932. The number of aromatic nitrogens is 2. The number of hydrogen-bond donors (Lipinski definition) is 0. The van der Waals surface area contributed by atoms with Crippen molar-refractivity contribution in [1.29, 1.82) is 0 Å². The molecule has 0 unspecified atom stereocenters. The number of thioether (sulfide) groups is 1. The highest BCUT2D eigenvalue weighted by Crippen LogP contribution is 2.27. The second-order valence-electron chi connectivity index (χ2n) is 7.41. The Morgan fingerprint density at radius 3 is 2.74 bits per heavy atom. The molecule has 0 saturated carbocycles. The van der Waals surface area contributed by atoms with E-state index in [-0.39, 0.29) is 5.91 Å². The van der Waals surface area contributed by atoms with E-state index in [0.717, 1.165) is 36.1 Å². The quantitative estimate of drug-likeness (QED) is 0.610. The fraction of sp³-hybridized carbons (Fsp3) is 0.364. The molecule has 1 atom stereocenters. The van der Waals surface area contributed by atoms with Crippen LogP contribution in [0.4, 0.5) is 0 Å². The molecule has 1 fully saturated rings. The van der Waals surface area contributed by atoms with Crippen LogP contribution in [0, 0.1) is 0 Å². The topological polar surface area (TPSA) is 38.1 Å². The third kappa shape index (κ3) is 4.03. The summed E-state index contributed by atoms with van der Waals surface area (Å²) in [7, 11) is 0. The van der Waals surface area contributed by atoms with Gasteiger partial charge < -0.3 is 9.47 Å². The zero-order valence-electron chi connectivity index (χ0n) is 15.8. The Morgan fingerprint density at radius 2 is 1.96 bits per heavy atom. The van der Waals surface area contributed by atoms with Crippen molar-refractivity contribution in [2.75, 3.05) is 13.1 Å². The van der Waals surface area contributed by atoms with E-state index in [1.807, 2.05) is 41.2 Å². The number of imidazole rings is 1. The average molecular weight is 380 g/mol. The van der Waals surface area contributed by atoms with Crippen molar-refractivity contribution in [3.63, 3.8) is 0 Å². The summed E-state index contributed by atoms with van der Waals surface area (Å²) in [6, 6.07) is 16.9. The van der Waals surface area contributed by atoms with E-state index in [1.165, 1.54) is 4.90 Å². The first kappa shape index (κ1) is 18.1. The molecule has 1 amide bonds. The molecule has 1 aliphatic rings. The van der Waals surface area contributed by atoms with Gasteiger partial charge in [0.2, 0.25) is 5.91 Å². The number of amides is 1. The number of likely N-dealkylation sites (tertiary alicyclic amines) is 1. The van der Waals surface area contributed by atoms with Gasteiger partial charge >= 0.3 is 0 Å². The first-order chi connectivity index (χ1) is 13.1. The van der Waals surface area contributed by atoms with Gasteiger partial charge in [-0.05, 0) is 36.2 Å². The Hall–Kier alpha value is -2.27. The van der Waals surface area contributed by atoms with Crippen molar-refractivity contribution >= 4 is 28.7 Å². The largest absolute Gasteiger partial charge is 0.340 e. The van der Waals surface area contributed by atoms with Gasteiger partial charge in [0.1, 0.15) is 0 Å². The second kappa shape index (κ2) is 7.77. The van der Waals surface area contributed by atoms with Crippen molar-refractivity contribution in [2.24, 2.45) is 0 Å².